The molecule has 0 aromatic carbocycles. The molecule has 0 aromatic heterocycles. The maximum atomic E-state index is 12.1. The van der Waals surface area contributed by atoms with Crippen LogP contribution in [0.25, 0.3) is 0 Å². The number of urea groups is 1. The number of imide groups is 1. The number of carbonyl (C=O) groups is 3. The molecule has 110 valence electrons. The third-order valence-corrected chi connectivity index (χ3v) is 4.36. The first kappa shape index (κ1) is 13.4. The minimum atomic E-state index is -0.957. The van der Waals surface area contributed by atoms with Crippen LogP contribution in [-0.4, -0.2) is 63.5 Å². The van der Waals surface area contributed by atoms with Gasteiger partial charge in [0.25, 0.3) is 5.91 Å². The maximum absolute atomic E-state index is 12.1. The van der Waals surface area contributed by atoms with E-state index in [2.05, 4.69) is 5.32 Å². The summed E-state index contributed by atoms with van der Waals surface area (Å²) in [5, 5.41) is 12.7. The normalized spacial score (nSPS) is 27.4. The van der Waals surface area contributed by atoms with Crippen molar-refractivity contribution in [3.63, 3.8) is 0 Å². The number of nitrogens with one attached hydrogen (secondary N) is 1. The summed E-state index contributed by atoms with van der Waals surface area (Å²) >= 11 is 0. The van der Waals surface area contributed by atoms with E-state index in [-0.39, 0.29) is 12.5 Å². The Bertz CT molecular complexity index is 492. The third kappa shape index (κ3) is 1.96. The molecule has 20 heavy (non-hydrogen) atoms. The monoisotopic (exact) mass is 281 g/mol. The van der Waals surface area contributed by atoms with E-state index in [9.17, 15) is 19.5 Å². The molecule has 0 aromatic rings. The van der Waals surface area contributed by atoms with Crippen molar-refractivity contribution in [2.45, 2.75) is 37.8 Å². The van der Waals surface area contributed by atoms with E-state index in [1.165, 1.54) is 4.90 Å². The number of nitrogens with zero attached hydrogens (tertiary/aromatic N) is 2. The van der Waals surface area contributed by atoms with Crippen LogP contribution in [0.4, 0.5) is 4.79 Å². The van der Waals surface area contributed by atoms with Gasteiger partial charge in [-0.05, 0) is 32.6 Å². The predicted octanol–water partition coefficient (Wildman–Crippen LogP) is -0.700. The second kappa shape index (κ2) is 3.94. The van der Waals surface area contributed by atoms with Crippen LogP contribution in [0, 0.1) is 5.92 Å². The lowest BCUT2D eigenvalue weighted by molar-refractivity contribution is -0.160. The van der Waals surface area contributed by atoms with Gasteiger partial charge in [0.05, 0.1) is 13.1 Å². The molecule has 4 amide bonds. The molecule has 3 aliphatic rings. The number of rotatable bonds is 3. The Hall–Kier alpha value is -1.63. The van der Waals surface area contributed by atoms with Crippen LogP contribution in [0.5, 0.6) is 0 Å². The van der Waals surface area contributed by atoms with Gasteiger partial charge in [0.15, 0.2) is 0 Å². The average Bonchev–Trinajstić information content (AvgIpc) is 3.11. The number of carbonyl (C=O) groups excluding carboxylic acids is 3. The largest absolute Gasteiger partial charge is 0.386 e. The van der Waals surface area contributed by atoms with E-state index in [4.69, 9.17) is 0 Å². The zero-order valence-electron chi connectivity index (χ0n) is 11.7. The molecule has 7 heteroatoms. The van der Waals surface area contributed by atoms with Crippen LogP contribution in [0.15, 0.2) is 0 Å². The van der Waals surface area contributed by atoms with Gasteiger partial charge >= 0.3 is 6.03 Å². The van der Waals surface area contributed by atoms with Crippen molar-refractivity contribution >= 4 is 17.8 Å². The summed E-state index contributed by atoms with van der Waals surface area (Å²) in [5.74, 6) is -0.382. The molecule has 0 radical (unpaired) electrons. The summed E-state index contributed by atoms with van der Waals surface area (Å²) in [7, 11) is 0. The summed E-state index contributed by atoms with van der Waals surface area (Å²) in [5.41, 5.74) is -1.70. The fraction of sp³-hybridized carbons (Fsp3) is 0.769. The van der Waals surface area contributed by atoms with Crippen LogP contribution < -0.4 is 5.32 Å². The van der Waals surface area contributed by atoms with E-state index in [0.717, 1.165) is 17.7 Å². The van der Waals surface area contributed by atoms with Gasteiger partial charge in [0.2, 0.25) is 5.91 Å². The number of aliphatic hydroxyl groups is 1. The van der Waals surface area contributed by atoms with Crippen LogP contribution in [0.3, 0.4) is 0 Å². The molecule has 1 aliphatic carbocycles. The molecule has 0 unspecified atom stereocenters. The highest BCUT2D eigenvalue weighted by molar-refractivity contribution is 6.08. The SMILES string of the molecule is CC1(C)NC(=O)N(CC(=O)N2CC(O)(C3CC3)C2)C1=O. The van der Waals surface area contributed by atoms with E-state index >= 15 is 0 Å². The van der Waals surface area contributed by atoms with Gasteiger partial charge in [0.1, 0.15) is 17.7 Å². The van der Waals surface area contributed by atoms with Crippen molar-refractivity contribution in [1.82, 2.24) is 15.1 Å². The Morgan fingerprint density at radius 1 is 1.35 bits per heavy atom. The molecule has 0 bridgehead atoms. The van der Waals surface area contributed by atoms with E-state index < -0.39 is 23.1 Å². The second-order valence-electron chi connectivity index (χ2n) is 6.57. The molecule has 7 nitrogen and oxygen atoms in total. The summed E-state index contributed by atoms with van der Waals surface area (Å²) in [4.78, 5) is 38.2. The van der Waals surface area contributed by atoms with Gasteiger partial charge < -0.3 is 15.3 Å². The smallest absolute Gasteiger partial charge is 0.325 e. The summed E-state index contributed by atoms with van der Waals surface area (Å²) in [6.07, 6.45) is 2.03. The third-order valence-electron chi connectivity index (χ3n) is 4.36. The highest BCUT2D eigenvalue weighted by atomic mass is 16.3. The van der Waals surface area contributed by atoms with Gasteiger partial charge in [-0.15, -0.1) is 0 Å². The highest BCUT2D eigenvalue weighted by Crippen LogP contribution is 2.44. The van der Waals surface area contributed by atoms with Gasteiger partial charge in [-0.3, -0.25) is 14.5 Å². The Balaban J connectivity index is 1.58. The van der Waals surface area contributed by atoms with Crippen molar-refractivity contribution < 1.29 is 19.5 Å². The lowest BCUT2D eigenvalue weighted by Crippen LogP contribution is -2.66. The molecular weight excluding hydrogens is 262 g/mol. The summed E-state index contributed by atoms with van der Waals surface area (Å²) in [6, 6.07) is -0.536. The molecule has 1 saturated carbocycles. The second-order valence-corrected chi connectivity index (χ2v) is 6.57. The summed E-state index contributed by atoms with van der Waals surface area (Å²) < 4.78 is 0. The molecule has 3 rings (SSSR count). The van der Waals surface area contributed by atoms with Crippen LogP contribution in [-0.2, 0) is 9.59 Å². The van der Waals surface area contributed by atoms with E-state index in [0.29, 0.717) is 19.0 Å². The lowest BCUT2D eigenvalue weighted by atomic mass is 9.88. The Morgan fingerprint density at radius 3 is 2.40 bits per heavy atom. The van der Waals surface area contributed by atoms with Gasteiger partial charge in [-0.2, -0.15) is 0 Å². The molecule has 0 spiro atoms. The molecular formula is C13H19N3O4. The molecule has 3 fully saturated rings. The van der Waals surface area contributed by atoms with Crippen molar-refractivity contribution in [1.29, 1.82) is 0 Å². The zero-order chi connectivity index (χ0) is 14.7. The fourth-order valence-electron chi connectivity index (χ4n) is 2.87. The Labute approximate surface area is 116 Å². The topological polar surface area (TPSA) is 90.0 Å². The van der Waals surface area contributed by atoms with Crippen LogP contribution >= 0.6 is 0 Å². The molecule has 0 atom stereocenters. The maximum Gasteiger partial charge on any atom is 0.325 e. The number of amides is 4. The lowest BCUT2D eigenvalue weighted by Gasteiger charge is -2.47. The molecule has 2 heterocycles. The van der Waals surface area contributed by atoms with Crippen molar-refractivity contribution in [2.75, 3.05) is 19.6 Å². The zero-order valence-corrected chi connectivity index (χ0v) is 11.7. The average molecular weight is 281 g/mol. The van der Waals surface area contributed by atoms with Crippen molar-refractivity contribution in [3.8, 4) is 0 Å². The molecule has 2 aliphatic heterocycles. The minimum Gasteiger partial charge on any atom is -0.386 e. The predicted molar refractivity (Wildman–Crippen MR) is 68.6 cm³/mol. The standard InChI is InChI=1S/C13H19N3O4/c1-12(2)10(18)16(11(19)14-12)5-9(17)15-6-13(20,7-15)8-3-4-8/h8,20H,3-7H2,1-2H3,(H,14,19). The first-order valence-corrected chi connectivity index (χ1v) is 6.87. The first-order valence-electron chi connectivity index (χ1n) is 6.87. The number of likely N-dealkylation sites (tertiary alicyclic amines) is 1. The van der Waals surface area contributed by atoms with E-state index in [1.54, 1.807) is 13.8 Å². The highest BCUT2D eigenvalue weighted by Gasteiger charge is 2.54. The molecule has 2 N–H and O–H groups in total. The quantitative estimate of drug-likeness (QED) is 0.669. The van der Waals surface area contributed by atoms with Crippen LogP contribution in [0.1, 0.15) is 26.7 Å². The first-order chi connectivity index (χ1) is 9.23. The summed E-state index contributed by atoms with van der Waals surface area (Å²) in [6.45, 7) is 3.57. The molecule has 2 saturated heterocycles. The van der Waals surface area contributed by atoms with Gasteiger partial charge in [0, 0.05) is 0 Å². The Morgan fingerprint density at radius 2 is 1.95 bits per heavy atom. The minimum absolute atomic E-state index is 0.255. The van der Waals surface area contributed by atoms with Crippen molar-refractivity contribution in [2.24, 2.45) is 5.92 Å². The number of hydrogen-bond donors (Lipinski definition) is 2. The fourth-order valence-corrected chi connectivity index (χ4v) is 2.87. The van der Waals surface area contributed by atoms with E-state index in [1.807, 2.05) is 0 Å². The van der Waals surface area contributed by atoms with Crippen molar-refractivity contribution in [3.05, 3.63) is 0 Å². The van der Waals surface area contributed by atoms with Gasteiger partial charge in [-0.1, -0.05) is 0 Å². The van der Waals surface area contributed by atoms with Gasteiger partial charge in [-0.25, -0.2) is 4.79 Å². The Kier molecular flexibility index (Phi) is 2.63. The van der Waals surface area contributed by atoms with Crippen LogP contribution in [0.2, 0.25) is 0 Å². The number of hydrogen-bond acceptors (Lipinski definition) is 4. The number of β-amino-alcohol motifs (C(OH)–C–C–N with tert-alkyl or cyclic N) is 1.